The van der Waals surface area contributed by atoms with Crippen LogP contribution in [0.15, 0.2) is 33.5 Å². The summed E-state index contributed by atoms with van der Waals surface area (Å²) in [7, 11) is 0. The van der Waals surface area contributed by atoms with Crippen LogP contribution in [0.2, 0.25) is 0 Å². The SMILES string of the molecule is Cc1ccc2c(oc(=O)c3c(F)c(C)ccc32)c1F. The van der Waals surface area contributed by atoms with Crippen LogP contribution < -0.4 is 5.63 Å². The monoisotopic (exact) mass is 260 g/mol. The first kappa shape index (κ1) is 11.8. The van der Waals surface area contributed by atoms with Crippen LogP contribution in [-0.2, 0) is 0 Å². The van der Waals surface area contributed by atoms with Crippen molar-refractivity contribution >= 4 is 21.7 Å². The Morgan fingerprint density at radius 1 is 0.895 bits per heavy atom. The van der Waals surface area contributed by atoms with Gasteiger partial charge in [-0.25, -0.2) is 13.6 Å². The zero-order chi connectivity index (χ0) is 13.7. The molecule has 2 aromatic carbocycles. The van der Waals surface area contributed by atoms with Gasteiger partial charge in [-0.2, -0.15) is 0 Å². The van der Waals surface area contributed by atoms with Crippen molar-refractivity contribution in [2.24, 2.45) is 0 Å². The van der Waals surface area contributed by atoms with Gasteiger partial charge in [0.1, 0.15) is 11.2 Å². The van der Waals surface area contributed by atoms with Crippen LogP contribution in [0.5, 0.6) is 0 Å². The van der Waals surface area contributed by atoms with Crippen LogP contribution >= 0.6 is 0 Å². The van der Waals surface area contributed by atoms with Crippen LogP contribution in [-0.4, -0.2) is 0 Å². The van der Waals surface area contributed by atoms with Crippen molar-refractivity contribution in [3.63, 3.8) is 0 Å². The molecular weight excluding hydrogens is 250 g/mol. The molecule has 3 aromatic rings. The lowest BCUT2D eigenvalue weighted by Crippen LogP contribution is -2.04. The zero-order valence-electron chi connectivity index (χ0n) is 10.4. The van der Waals surface area contributed by atoms with E-state index in [4.69, 9.17) is 4.42 Å². The number of benzene rings is 2. The fraction of sp³-hybridized carbons (Fsp3) is 0.133. The number of rotatable bonds is 0. The molecule has 0 aliphatic heterocycles. The van der Waals surface area contributed by atoms with Crippen LogP contribution in [0.1, 0.15) is 11.1 Å². The first-order valence-corrected chi connectivity index (χ1v) is 5.81. The maximum absolute atomic E-state index is 14.0. The molecule has 96 valence electrons. The molecule has 4 heteroatoms. The summed E-state index contributed by atoms with van der Waals surface area (Å²) in [5, 5.41) is 0.639. The van der Waals surface area contributed by atoms with Gasteiger partial charge in [-0.15, -0.1) is 0 Å². The Morgan fingerprint density at radius 3 is 2.16 bits per heavy atom. The summed E-state index contributed by atoms with van der Waals surface area (Å²) in [6.45, 7) is 3.14. The van der Waals surface area contributed by atoms with E-state index < -0.39 is 17.3 Å². The van der Waals surface area contributed by atoms with Crippen molar-refractivity contribution < 1.29 is 13.2 Å². The fourth-order valence-electron chi connectivity index (χ4n) is 2.21. The van der Waals surface area contributed by atoms with Gasteiger partial charge in [-0.05, 0) is 25.0 Å². The minimum atomic E-state index is -0.854. The molecule has 0 amide bonds. The third kappa shape index (κ3) is 1.56. The summed E-state index contributed by atoms with van der Waals surface area (Å²) >= 11 is 0. The van der Waals surface area contributed by atoms with Crippen LogP contribution in [0.3, 0.4) is 0 Å². The first-order chi connectivity index (χ1) is 9.00. The van der Waals surface area contributed by atoms with E-state index in [-0.39, 0.29) is 11.0 Å². The highest BCUT2D eigenvalue weighted by Gasteiger charge is 2.16. The third-order valence-electron chi connectivity index (χ3n) is 3.31. The summed E-state index contributed by atoms with van der Waals surface area (Å²) in [6, 6.07) is 6.39. The Hall–Kier alpha value is -2.23. The average molecular weight is 260 g/mol. The number of hydrogen-bond acceptors (Lipinski definition) is 2. The lowest BCUT2D eigenvalue weighted by molar-refractivity contribution is 0.523. The van der Waals surface area contributed by atoms with Crippen LogP contribution in [0.4, 0.5) is 8.78 Å². The maximum atomic E-state index is 14.0. The number of halogens is 2. The quantitative estimate of drug-likeness (QED) is 0.454. The number of fused-ring (bicyclic) bond motifs is 3. The molecule has 1 heterocycles. The van der Waals surface area contributed by atoms with Crippen molar-refractivity contribution in [1.82, 2.24) is 0 Å². The minimum absolute atomic E-state index is 0.124. The molecule has 0 atom stereocenters. The van der Waals surface area contributed by atoms with Gasteiger partial charge in [0.2, 0.25) is 0 Å². The largest absolute Gasteiger partial charge is 0.419 e. The van der Waals surface area contributed by atoms with E-state index in [1.165, 1.54) is 0 Å². The van der Waals surface area contributed by atoms with Gasteiger partial charge in [-0.3, -0.25) is 0 Å². The maximum Gasteiger partial charge on any atom is 0.347 e. The van der Waals surface area contributed by atoms with Gasteiger partial charge < -0.3 is 4.42 Å². The van der Waals surface area contributed by atoms with Crippen molar-refractivity contribution in [1.29, 1.82) is 0 Å². The van der Waals surface area contributed by atoms with Crippen molar-refractivity contribution in [3.05, 3.63) is 57.4 Å². The predicted octanol–water partition coefficient (Wildman–Crippen LogP) is 3.84. The molecule has 0 saturated heterocycles. The molecule has 0 radical (unpaired) electrons. The van der Waals surface area contributed by atoms with Gasteiger partial charge in [0.15, 0.2) is 11.4 Å². The Kier molecular flexibility index (Phi) is 2.42. The van der Waals surface area contributed by atoms with E-state index in [0.29, 0.717) is 21.9 Å². The molecule has 0 bridgehead atoms. The predicted molar refractivity (Wildman–Crippen MR) is 69.4 cm³/mol. The van der Waals surface area contributed by atoms with E-state index >= 15 is 0 Å². The minimum Gasteiger partial charge on any atom is -0.419 e. The summed E-state index contributed by atoms with van der Waals surface area (Å²) < 4.78 is 32.9. The second-order valence-electron chi connectivity index (χ2n) is 4.58. The van der Waals surface area contributed by atoms with E-state index in [0.717, 1.165) is 0 Å². The average Bonchev–Trinajstić information content (AvgIpc) is 2.38. The smallest absolute Gasteiger partial charge is 0.347 e. The molecule has 2 nitrogen and oxygen atoms in total. The molecule has 19 heavy (non-hydrogen) atoms. The normalized spacial score (nSPS) is 11.4. The fourth-order valence-corrected chi connectivity index (χ4v) is 2.21. The van der Waals surface area contributed by atoms with E-state index in [1.807, 2.05) is 0 Å². The van der Waals surface area contributed by atoms with Crippen LogP contribution in [0.25, 0.3) is 21.7 Å². The Labute approximate surface area is 107 Å². The Bertz CT molecular complexity index is 879. The molecule has 0 spiro atoms. The first-order valence-electron chi connectivity index (χ1n) is 5.81. The van der Waals surface area contributed by atoms with Crippen molar-refractivity contribution in [2.45, 2.75) is 13.8 Å². The topological polar surface area (TPSA) is 30.2 Å². The molecule has 3 rings (SSSR count). The van der Waals surface area contributed by atoms with Crippen molar-refractivity contribution in [3.8, 4) is 0 Å². The van der Waals surface area contributed by atoms with Gasteiger partial charge >= 0.3 is 5.63 Å². The highest BCUT2D eigenvalue weighted by atomic mass is 19.1. The second kappa shape index (κ2) is 3.88. The molecule has 0 fully saturated rings. The van der Waals surface area contributed by atoms with E-state index in [2.05, 4.69) is 0 Å². The third-order valence-corrected chi connectivity index (χ3v) is 3.31. The molecule has 0 saturated carbocycles. The molecule has 0 unspecified atom stereocenters. The molecule has 0 aliphatic rings. The highest BCUT2D eigenvalue weighted by molar-refractivity contribution is 6.04. The summed E-state index contributed by atoms with van der Waals surface area (Å²) in [4.78, 5) is 11.9. The number of hydrogen-bond donors (Lipinski definition) is 0. The van der Waals surface area contributed by atoms with Gasteiger partial charge in [0.05, 0.1) is 0 Å². The summed E-state index contributed by atoms with van der Waals surface area (Å²) in [5.41, 5.74) is -0.247. The molecule has 0 aliphatic carbocycles. The standard InChI is InChI=1S/C15H10F2O2/c1-7-3-5-9-10-6-4-8(2)13(17)14(10)19-15(18)11(9)12(7)16/h3-6H,1-2H3. The lowest BCUT2D eigenvalue weighted by Gasteiger charge is -2.06. The Morgan fingerprint density at radius 2 is 1.47 bits per heavy atom. The zero-order valence-corrected chi connectivity index (χ0v) is 10.4. The van der Waals surface area contributed by atoms with E-state index in [1.54, 1.807) is 38.1 Å². The van der Waals surface area contributed by atoms with Crippen molar-refractivity contribution in [2.75, 3.05) is 0 Å². The second-order valence-corrected chi connectivity index (χ2v) is 4.58. The summed E-state index contributed by atoms with van der Waals surface area (Å²) in [5.74, 6) is -1.20. The Balaban J connectivity index is 2.67. The molecule has 1 aromatic heterocycles. The van der Waals surface area contributed by atoms with Crippen LogP contribution in [0, 0.1) is 25.5 Å². The van der Waals surface area contributed by atoms with Gasteiger partial charge in [-0.1, -0.05) is 24.3 Å². The van der Waals surface area contributed by atoms with Gasteiger partial charge in [0, 0.05) is 10.8 Å². The molecule has 0 N–H and O–H groups in total. The highest BCUT2D eigenvalue weighted by Crippen LogP contribution is 2.28. The van der Waals surface area contributed by atoms with Gasteiger partial charge in [0.25, 0.3) is 0 Å². The van der Waals surface area contributed by atoms with E-state index in [9.17, 15) is 13.6 Å². The number of aryl methyl sites for hydroxylation is 2. The molecular formula is C15H10F2O2. The summed E-state index contributed by atoms with van der Waals surface area (Å²) in [6.07, 6.45) is 0. The lowest BCUT2D eigenvalue weighted by atomic mass is 10.0.